The third-order valence-corrected chi connectivity index (χ3v) is 2.09. The van der Waals surface area contributed by atoms with Gasteiger partial charge in [0.05, 0.1) is 13.2 Å². The van der Waals surface area contributed by atoms with Gasteiger partial charge in [-0.1, -0.05) is 36.4 Å². The molecule has 0 aliphatic rings. The Kier molecular flexibility index (Phi) is 5.74. The van der Waals surface area contributed by atoms with Crippen LogP contribution in [0.15, 0.2) is 43.0 Å². The van der Waals surface area contributed by atoms with E-state index in [1.807, 2.05) is 24.3 Å². The van der Waals surface area contributed by atoms with Crippen LogP contribution in [0.2, 0.25) is 0 Å². The van der Waals surface area contributed by atoms with Crippen molar-refractivity contribution in [3.63, 3.8) is 0 Å². The zero-order valence-electron chi connectivity index (χ0n) is 9.28. The lowest BCUT2D eigenvalue weighted by molar-refractivity contribution is 0.104. The van der Waals surface area contributed by atoms with E-state index >= 15 is 0 Å². The Morgan fingerprint density at radius 3 is 2.80 bits per heavy atom. The topological polar surface area (TPSA) is 21.3 Å². The van der Waals surface area contributed by atoms with Crippen LogP contribution in [0.25, 0.3) is 0 Å². The highest BCUT2D eigenvalue weighted by Crippen LogP contribution is 2.00. The summed E-state index contributed by atoms with van der Waals surface area (Å²) < 4.78 is 5.58. The van der Waals surface area contributed by atoms with Crippen LogP contribution in [-0.2, 0) is 11.3 Å². The van der Waals surface area contributed by atoms with Crippen LogP contribution in [0.5, 0.6) is 0 Å². The van der Waals surface area contributed by atoms with Gasteiger partial charge < -0.3 is 10.1 Å². The monoisotopic (exact) mass is 205 g/mol. The van der Waals surface area contributed by atoms with Crippen molar-refractivity contribution in [2.24, 2.45) is 0 Å². The van der Waals surface area contributed by atoms with Gasteiger partial charge in [0.2, 0.25) is 0 Å². The molecule has 0 bridgehead atoms. The van der Waals surface area contributed by atoms with Crippen molar-refractivity contribution < 1.29 is 4.74 Å². The quantitative estimate of drug-likeness (QED) is 0.690. The molecule has 2 nitrogen and oxygen atoms in total. The third kappa shape index (κ3) is 5.35. The Hall–Kier alpha value is -1.12. The van der Waals surface area contributed by atoms with Crippen LogP contribution in [-0.4, -0.2) is 19.2 Å². The molecule has 82 valence electrons. The molecule has 1 aromatic rings. The molecule has 0 fully saturated rings. The van der Waals surface area contributed by atoms with E-state index in [-0.39, 0.29) is 0 Å². The van der Waals surface area contributed by atoms with Gasteiger partial charge in [0.25, 0.3) is 0 Å². The molecule has 2 heteroatoms. The molecule has 0 heterocycles. The van der Waals surface area contributed by atoms with Gasteiger partial charge in [-0.05, 0) is 12.5 Å². The summed E-state index contributed by atoms with van der Waals surface area (Å²) in [5, 5.41) is 3.28. The van der Waals surface area contributed by atoms with Crippen LogP contribution >= 0.6 is 0 Å². The second kappa shape index (κ2) is 7.21. The van der Waals surface area contributed by atoms with E-state index in [9.17, 15) is 0 Å². The van der Waals surface area contributed by atoms with E-state index in [2.05, 4.69) is 31.0 Å². The predicted octanol–water partition coefficient (Wildman–Crippen LogP) is 2.37. The second-order valence-corrected chi connectivity index (χ2v) is 3.60. The SMILES string of the molecule is C=CCNC(C)COCc1ccccc1. The van der Waals surface area contributed by atoms with Crippen molar-refractivity contribution in [3.05, 3.63) is 48.6 Å². The molecule has 1 aromatic carbocycles. The van der Waals surface area contributed by atoms with Crippen molar-refractivity contribution in [2.45, 2.75) is 19.6 Å². The van der Waals surface area contributed by atoms with Gasteiger partial charge >= 0.3 is 0 Å². The fourth-order valence-electron chi connectivity index (χ4n) is 1.27. The summed E-state index contributed by atoms with van der Waals surface area (Å²) in [6, 6.07) is 10.6. The second-order valence-electron chi connectivity index (χ2n) is 3.60. The molecule has 1 rings (SSSR count). The summed E-state index contributed by atoms with van der Waals surface area (Å²) in [6.45, 7) is 8.00. The zero-order valence-corrected chi connectivity index (χ0v) is 9.28. The summed E-state index contributed by atoms with van der Waals surface area (Å²) in [5.74, 6) is 0. The summed E-state index contributed by atoms with van der Waals surface area (Å²) in [7, 11) is 0. The van der Waals surface area contributed by atoms with Crippen LogP contribution in [0.1, 0.15) is 12.5 Å². The van der Waals surface area contributed by atoms with E-state index in [1.54, 1.807) is 0 Å². The number of nitrogens with one attached hydrogen (secondary N) is 1. The number of hydrogen-bond acceptors (Lipinski definition) is 2. The Bertz CT molecular complexity index is 271. The van der Waals surface area contributed by atoms with Crippen molar-refractivity contribution in [2.75, 3.05) is 13.2 Å². The molecule has 0 aliphatic heterocycles. The molecule has 0 radical (unpaired) electrons. The van der Waals surface area contributed by atoms with Gasteiger partial charge in [-0.2, -0.15) is 0 Å². The number of ether oxygens (including phenoxy) is 1. The van der Waals surface area contributed by atoms with Crippen molar-refractivity contribution >= 4 is 0 Å². The normalized spacial score (nSPS) is 12.3. The number of hydrogen-bond donors (Lipinski definition) is 1. The Morgan fingerprint density at radius 1 is 1.40 bits per heavy atom. The lowest BCUT2D eigenvalue weighted by Crippen LogP contribution is -2.30. The van der Waals surface area contributed by atoms with E-state index < -0.39 is 0 Å². The molecule has 15 heavy (non-hydrogen) atoms. The summed E-state index contributed by atoms with van der Waals surface area (Å²) in [5.41, 5.74) is 1.22. The van der Waals surface area contributed by atoms with Gasteiger partial charge in [-0.3, -0.25) is 0 Å². The maximum absolute atomic E-state index is 5.58. The van der Waals surface area contributed by atoms with E-state index in [0.717, 1.165) is 13.2 Å². The fourth-order valence-corrected chi connectivity index (χ4v) is 1.27. The van der Waals surface area contributed by atoms with Crippen molar-refractivity contribution in [1.29, 1.82) is 0 Å². The maximum atomic E-state index is 5.58. The molecule has 0 aromatic heterocycles. The molecule has 1 N–H and O–H groups in total. The summed E-state index contributed by atoms with van der Waals surface area (Å²) in [6.07, 6.45) is 1.85. The average molecular weight is 205 g/mol. The fraction of sp³-hybridized carbons (Fsp3) is 0.385. The Balaban J connectivity index is 2.13. The molecule has 1 unspecified atom stereocenters. The average Bonchev–Trinajstić information content (AvgIpc) is 2.28. The van der Waals surface area contributed by atoms with Gasteiger partial charge in [0.15, 0.2) is 0 Å². The lowest BCUT2D eigenvalue weighted by atomic mass is 10.2. The minimum absolute atomic E-state index is 0.367. The highest BCUT2D eigenvalue weighted by Gasteiger charge is 1.99. The first-order chi connectivity index (χ1) is 7.33. The molecule has 0 saturated carbocycles. The largest absolute Gasteiger partial charge is 0.375 e. The van der Waals surface area contributed by atoms with E-state index in [4.69, 9.17) is 4.74 Å². The highest BCUT2D eigenvalue weighted by molar-refractivity contribution is 5.13. The van der Waals surface area contributed by atoms with Crippen LogP contribution in [0.4, 0.5) is 0 Å². The van der Waals surface area contributed by atoms with Crippen molar-refractivity contribution in [3.8, 4) is 0 Å². The zero-order chi connectivity index (χ0) is 10.9. The molecule has 0 aliphatic carbocycles. The standard InChI is InChI=1S/C13H19NO/c1-3-9-14-12(2)10-15-11-13-7-5-4-6-8-13/h3-8,12,14H,1,9-11H2,2H3. The molecule has 0 saturated heterocycles. The van der Waals surface area contributed by atoms with Crippen LogP contribution in [0.3, 0.4) is 0 Å². The molecular weight excluding hydrogens is 186 g/mol. The minimum Gasteiger partial charge on any atom is -0.375 e. The van der Waals surface area contributed by atoms with Gasteiger partial charge in [0.1, 0.15) is 0 Å². The van der Waals surface area contributed by atoms with Crippen LogP contribution < -0.4 is 5.32 Å². The highest BCUT2D eigenvalue weighted by atomic mass is 16.5. The first-order valence-electron chi connectivity index (χ1n) is 5.29. The third-order valence-electron chi connectivity index (χ3n) is 2.09. The molecule has 0 amide bonds. The first-order valence-corrected chi connectivity index (χ1v) is 5.29. The Labute approximate surface area is 92.0 Å². The number of rotatable bonds is 7. The number of benzene rings is 1. The van der Waals surface area contributed by atoms with Gasteiger partial charge in [-0.15, -0.1) is 6.58 Å². The lowest BCUT2D eigenvalue weighted by Gasteiger charge is -2.12. The van der Waals surface area contributed by atoms with Crippen molar-refractivity contribution in [1.82, 2.24) is 5.32 Å². The molecule has 0 spiro atoms. The molecular formula is C13H19NO. The Morgan fingerprint density at radius 2 is 2.13 bits per heavy atom. The predicted molar refractivity (Wildman–Crippen MR) is 63.8 cm³/mol. The van der Waals surface area contributed by atoms with Gasteiger partial charge in [-0.25, -0.2) is 0 Å². The first kappa shape index (κ1) is 12.0. The maximum Gasteiger partial charge on any atom is 0.0717 e. The van der Waals surface area contributed by atoms with Gasteiger partial charge in [0, 0.05) is 12.6 Å². The molecule has 1 atom stereocenters. The van der Waals surface area contributed by atoms with Crippen LogP contribution in [0, 0.1) is 0 Å². The van der Waals surface area contributed by atoms with E-state index in [1.165, 1.54) is 5.56 Å². The summed E-state index contributed by atoms with van der Waals surface area (Å²) >= 11 is 0. The van der Waals surface area contributed by atoms with E-state index in [0.29, 0.717) is 12.6 Å². The minimum atomic E-state index is 0.367. The smallest absolute Gasteiger partial charge is 0.0717 e. The summed E-state index contributed by atoms with van der Waals surface area (Å²) in [4.78, 5) is 0.